The first-order valence-electron chi connectivity index (χ1n) is 4.52. The fourth-order valence-electron chi connectivity index (χ4n) is 1.30. The number of ether oxygens (including phenoxy) is 2. The maximum Gasteiger partial charge on any atom is 0.358 e. The molecule has 0 aliphatic heterocycles. The van der Waals surface area contributed by atoms with Gasteiger partial charge in [-0.1, -0.05) is 0 Å². The number of rotatable bonds is 3. The van der Waals surface area contributed by atoms with Crippen molar-refractivity contribution in [1.82, 2.24) is 4.98 Å². The smallest absolute Gasteiger partial charge is 0.358 e. The number of aromatic amines is 1. The molecule has 0 unspecified atom stereocenters. The van der Waals surface area contributed by atoms with Gasteiger partial charge in [-0.15, -0.1) is 0 Å². The summed E-state index contributed by atoms with van der Waals surface area (Å²) >= 11 is 0. The average Bonchev–Trinajstić information content (AvgIpc) is 2.44. The molecule has 1 N–H and O–H groups in total. The molecule has 0 fully saturated rings. The Morgan fingerprint density at radius 3 is 2.57 bits per heavy atom. The fourth-order valence-corrected chi connectivity index (χ4v) is 1.30. The lowest BCUT2D eigenvalue weighted by molar-refractivity contribution is 0.0516. The van der Waals surface area contributed by atoms with Crippen LogP contribution in [0, 0.1) is 13.8 Å². The van der Waals surface area contributed by atoms with Crippen LogP contribution in [-0.4, -0.2) is 24.7 Å². The molecule has 4 heteroatoms. The van der Waals surface area contributed by atoms with Crippen LogP contribution < -0.4 is 4.74 Å². The van der Waals surface area contributed by atoms with E-state index >= 15 is 0 Å². The predicted octanol–water partition coefficient (Wildman–Crippen LogP) is 1.82. The van der Waals surface area contributed by atoms with Crippen LogP contribution in [0.25, 0.3) is 0 Å². The van der Waals surface area contributed by atoms with Crippen molar-refractivity contribution in [1.29, 1.82) is 0 Å². The highest BCUT2D eigenvalue weighted by molar-refractivity contribution is 5.91. The zero-order chi connectivity index (χ0) is 10.7. The highest BCUT2D eigenvalue weighted by Gasteiger charge is 2.19. The van der Waals surface area contributed by atoms with Gasteiger partial charge in [0.05, 0.1) is 13.7 Å². The molecule has 0 aliphatic rings. The van der Waals surface area contributed by atoms with E-state index in [1.807, 2.05) is 13.8 Å². The van der Waals surface area contributed by atoms with E-state index in [0.29, 0.717) is 18.1 Å². The second kappa shape index (κ2) is 4.17. The van der Waals surface area contributed by atoms with Crippen molar-refractivity contribution < 1.29 is 14.3 Å². The fraction of sp³-hybridized carbons (Fsp3) is 0.500. The molecule has 1 aromatic rings. The number of aryl methyl sites for hydroxylation is 1. The van der Waals surface area contributed by atoms with Crippen LogP contribution in [-0.2, 0) is 4.74 Å². The molecule has 0 saturated carbocycles. The topological polar surface area (TPSA) is 51.3 Å². The van der Waals surface area contributed by atoms with Gasteiger partial charge in [0.25, 0.3) is 0 Å². The van der Waals surface area contributed by atoms with Gasteiger partial charge in [-0.05, 0) is 20.8 Å². The molecule has 0 atom stereocenters. The molecule has 78 valence electrons. The largest absolute Gasteiger partial charge is 0.494 e. The van der Waals surface area contributed by atoms with Gasteiger partial charge < -0.3 is 14.5 Å². The van der Waals surface area contributed by atoms with Crippen LogP contribution in [0.5, 0.6) is 5.75 Å². The normalized spacial score (nSPS) is 10.0. The van der Waals surface area contributed by atoms with Crippen molar-refractivity contribution in [2.45, 2.75) is 20.8 Å². The van der Waals surface area contributed by atoms with E-state index in [9.17, 15) is 4.79 Å². The van der Waals surface area contributed by atoms with Crippen LogP contribution >= 0.6 is 0 Å². The lowest BCUT2D eigenvalue weighted by Gasteiger charge is -2.02. The molecular weight excluding hydrogens is 182 g/mol. The number of aromatic nitrogens is 1. The summed E-state index contributed by atoms with van der Waals surface area (Å²) in [6.07, 6.45) is 0. The standard InChI is InChI=1S/C10H15NO3/c1-5-14-10(12)8-9(13-4)6(2)7(3)11-8/h11H,5H2,1-4H3. The van der Waals surface area contributed by atoms with Crippen molar-refractivity contribution in [3.8, 4) is 5.75 Å². The quantitative estimate of drug-likeness (QED) is 0.752. The Balaban J connectivity index is 3.08. The predicted molar refractivity (Wildman–Crippen MR) is 52.8 cm³/mol. The van der Waals surface area contributed by atoms with E-state index in [1.54, 1.807) is 14.0 Å². The van der Waals surface area contributed by atoms with Crippen LogP contribution in [0.1, 0.15) is 28.7 Å². The average molecular weight is 197 g/mol. The third kappa shape index (κ3) is 1.73. The molecule has 1 heterocycles. The van der Waals surface area contributed by atoms with Crippen LogP contribution in [0.4, 0.5) is 0 Å². The summed E-state index contributed by atoms with van der Waals surface area (Å²) < 4.78 is 10.0. The molecule has 0 spiro atoms. The Bertz CT molecular complexity index is 341. The monoisotopic (exact) mass is 197 g/mol. The van der Waals surface area contributed by atoms with Gasteiger partial charge in [-0.25, -0.2) is 4.79 Å². The highest BCUT2D eigenvalue weighted by Crippen LogP contribution is 2.26. The molecule has 0 aliphatic carbocycles. The summed E-state index contributed by atoms with van der Waals surface area (Å²) in [4.78, 5) is 14.4. The summed E-state index contributed by atoms with van der Waals surface area (Å²) in [7, 11) is 1.54. The van der Waals surface area contributed by atoms with E-state index in [4.69, 9.17) is 9.47 Å². The zero-order valence-corrected chi connectivity index (χ0v) is 8.93. The molecule has 0 amide bonds. The molecule has 0 aromatic carbocycles. The van der Waals surface area contributed by atoms with Gasteiger partial charge in [0.1, 0.15) is 0 Å². The zero-order valence-electron chi connectivity index (χ0n) is 8.93. The first-order valence-corrected chi connectivity index (χ1v) is 4.52. The molecule has 0 saturated heterocycles. The number of methoxy groups -OCH3 is 1. The van der Waals surface area contributed by atoms with E-state index in [2.05, 4.69) is 4.98 Å². The number of nitrogens with one attached hydrogen (secondary N) is 1. The summed E-state index contributed by atoms with van der Waals surface area (Å²) in [6.45, 7) is 5.92. The lowest BCUT2D eigenvalue weighted by Crippen LogP contribution is -2.06. The number of carbonyl (C=O) groups excluding carboxylic acids is 1. The third-order valence-electron chi connectivity index (χ3n) is 2.13. The van der Waals surface area contributed by atoms with Crippen LogP contribution in [0.15, 0.2) is 0 Å². The molecule has 14 heavy (non-hydrogen) atoms. The third-order valence-corrected chi connectivity index (χ3v) is 2.13. The number of carbonyl (C=O) groups is 1. The second-order valence-corrected chi connectivity index (χ2v) is 3.00. The van der Waals surface area contributed by atoms with E-state index in [1.165, 1.54) is 0 Å². The summed E-state index contributed by atoms with van der Waals surface area (Å²) in [5.74, 6) is 0.196. The first-order chi connectivity index (χ1) is 6.61. The van der Waals surface area contributed by atoms with Crippen LogP contribution in [0.2, 0.25) is 0 Å². The molecular formula is C10H15NO3. The SMILES string of the molecule is CCOC(=O)c1[nH]c(C)c(C)c1OC. The van der Waals surface area contributed by atoms with E-state index in [0.717, 1.165) is 11.3 Å². The number of H-pyrrole nitrogens is 1. The van der Waals surface area contributed by atoms with Crippen molar-refractivity contribution in [2.24, 2.45) is 0 Å². The molecule has 4 nitrogen and oxygen atoms in total. The molecule has 0 bridgehead atoms. The Labute approximate surface area is 83.2 Å². The Kier molecular flexibility index (Phi) is 3.17. The highest BCUT2D eigenvalue weighted by atomic mass is 16.5. The maximum atomic E-state index is 11.5. The molecule has 1 rings (SSSR count). The number of hydrogen-bond acceptors (Lipinski definition) is 3. The van der Waals surface area contributed by atoms with Gasteiger partial charge in [-0.3, -0.25) is 0 Å². The van der Waals surface area contributed by atoms with Gasteiger partial charge in [0.15, 0.2) is 11.4 Å². The van der Waals surface area contributed by atoms with Crippen molar-refractivity contribution in [3.05, 3.63) is 17.0 Å². The minimum absolute atomic E-state index is 0.360. The number of hydrogen-bond donors (Lipinski definition) is 1. The first kappa shape index (κ1) is 10.6. The van der Waals surface area contributed by atoms with Crippen LogP contribution in [0.3, 0.4) is 0 Å². The van der Waals surface area contributed by atoms with Crippen molar-refractivity contribution in [3.63, 3.8) is 0 Å². The van der Waals surface area contributed by atoms with Crippen molar-refractivity contribution >= 4 is 5.97 Å². The van der Waals surface area contributed by atoms with Gasteiger partial charge in [-0.2, -0.15) is 0 Å². The maximum absolute atomic E-state index is 11.5. The van der Waals surface area contributed by atoms with Gasteiger partial charge >= 0.3 is 5.97 Å². The number of esters is 1. The Hall–Kier alpha value is -1.45. The summed E-state index contributed by atoms with van der Waals surface area (Å²) in [5, 5.41) is 0. The van der Waals surface area contributed by atoms with Gasteiger partial charge in [0, 0.05) is 11.3 Å². The van der Waals surface area contributed by atoms with E-state index < -0.39 is 0 Å². The second-order valence-electron chi connectivity index (χ2n) is 3.00. The molecule has 0 radical (unpaired) electrons. The lowest BCUT2D eigenvalue weighted by atomic mass is 10.2. The Morgan fingerprint density at radius 2 is 2.07 bits per heavy atom. The molecule has 1 aromatic heterocycles. The summed E-state index contributed by atoms with van der Waals surface area (Å²) in [5.41, 5.74) is 2.25. The minimum atomic E-state index is -0.374. The Morgan fingerprint density at radius 1 is 1.43 bits per heavy atom. The van der Waals surface area contributed by atoms with Gasteiger partial charge in [0.2, 0.25) is 0 Å². The minimum Gasteiger partial charge on any atom is -0.494 e. The van der Waals surface area contributed by atoms with Crippen molar-refractivity contribution in [2.75, 3.05) is 13.7 Å². The summed E-state index contributed by atoms with van der Waals surface area (Å²) in [6, 6.07) is 0. The van der Waals surface area contributed by atoms with E-state index in [-0.39, 0.29) is 5.97 Å².